The van der Waals surface area contributed by atoms with E-state index in [1.54, 1.807) is 11.8 Å². The van der Waals surface area contributed by atoms with Gasteiger partial charge in [-0.05, 0) is 25.7 Å². The molecule has 0 spiro atoms. The Balaban J connectivity index is 1.49. The maximum Gasteiger partial charge on any atom is 0.244 e. The van der Waals surface area contributed by atoms with E-state index in [1.165, 1.54) is 32.1 Å². The SMILES string of the molecule is CN(C)c1cc(N2CCCC2)nc2c1C1N=CN(C3CCCCC3)C(=O)C1S2. The maximum absolute atomic E-state index is 13.4. The number of pyridine rings is 1. The molecule has 5 rings (SSSR count). The second-order valence-electron chi connectivity index (χ2n) is 8.59. The lowest BCUT2D eigenvalue weighted by molar-refractivity contribution is -0.129. The van der Waals surface area contributed by atoms with E-state index in [9.17, 15) is 4.79 Å². The van der Waals surface area contributed by atoms with Crippen molar-refractivity contribution < 1.29 is 4.79 Å². The number of anilines is 2. The zero-order chi connectivity index (χ0) is 19.3. The summed E-state index contributed by atoms with van der Waals surface area (Å²) in [5.74, 6) is 1.27. The number of rotatable bonds is 3. The van der Waals surface area contributed by atoms with Crippen LogP contribution in [0.3, 0.4) is 0 Å². The molecule has 2 atom stereocenters. The molecule has 4 aliphatic rings. The summed E-state index contributed by atoms with van der Waals surface area (Å²) in [5.41, 5.74) is 2.29. The average Bonchev–Trinajstić information content (AvgIpc) is 3.36. The van der Waals surface area contributed by atoms with Crippen LogP contribution in [0.2, 0.25) is 0 Å². The first-order valence-electron chi connectivity index (χ1n) is 10.6. The van der Waals surface area contributed by atoms with Crippen molar-refractivity contribution in [3.05, 3.63) is 11.6 Å². The minimum Gasteiger partial charge on any atom is -0.377 e. The molecule has 6 nitrogen and oxygen atoms in total. The van der Waals surface area contributed by atoms with Crippen LogP contribution in [0.25, 0.3) is 0 Å². The van der Waals surface area contributed by atoms with Gasteiger partial charge in [-0.25, -0.2) is 4.98 Å². The van der Waals surface area contributed by atoms with Gasteiger partial charge in [0.1, 0.15) is 22.1 Å². The Morgan fingerprint density at radius 2 is 1.86 bits per heavy atom. The third kappa shape index (κ3) is 2.98. The number of aromatic nitrogens is 1. The van der Waals surface area contributed by atoms with Crippen molar-refractivity contribution in [3.8, 4) is 0 Å². The fourth-order valence-corrected chi connectivity index (χ4v) is 6.30. The largest absolute Gasteiger partial charge is 0.377 e. The first-order chi connectivity index (χ1) is 13.6. The quantitative estimate of drug-likeness (QED) is 0.779. The maximum atomic E-state index is 13.4. The van der Waals surface area contributed by atoms with E-state index in [0.717, 1.165) is 48.0 Å². The number of hydrogen-bond acceptors (Lipinski definition) is 6. The van der Waals surface area contributed by atoms with Crippen LogP contribution in [0.1, 0.15) is 56.6 Å². The molecule has 7 heteroatoms. The molecule has 150 valence electrons. The Kier molecular flexibility index (Phi) is 4.73. The van der Waals surface area contributed by atoms with Gasteiger partial charge < -0.3 is 9.80 Å². The molecule has 0 radical (unpaired) electrons. The summed E-state index contributed by atoms with van der Waals surface area (Å²) in [5, 5.41) is 0.834. The minimum atomic E-state index is -0.165. The fraction of sp³-hybridized carbons (Fsp3) is 0.667. The van der Waals surface area contributed by atoms with Crippen molar-refractivity contribution in [3.63, 3.8) is 0 Å². The van der Waals surface area contributed by atoms with Gasteiger partial charge in [0.2, 0.25) is 5.91 Å². The van der Waals surface area contributed by atoms with E-state index in [0.29, 0.717) is 6.04 Å². The lowest BCUT2D eigenvalue weighted by Crippen LogP contribution is -2.48. The predicted octanol–water partition coefficient (Wildman–Crippen LogP) is 3.47. The van der Waals surface area contributed by atoms with Gasteiger partial charge in [-0.1, -0.05) is 31.0 Å². The molecule has 0 N–H and O–H groups in total. The standard InChI is InChI=1S/C21H29N5OS/c1-24(2)15-12-16(25-10-6-7-11-25)23-20-17(15)18-19(28-20)21(27)26(13-22-18)14-8-4-3-5-9-14/h12-14,18-19H,3-11H2,1-2H3. The highest BCUT2D eigenvalue weighted by Crippen LogP contribution is 2.52. The van der Waals surface area contributed by atoms with E-state index in [-0.39, 0.29) is 17.2 Å². The second-order valence-corrected chi connectivity index (χ2v) is 9.72. The molecule has 0 bridgehead atoms. The van der Waals surface area contributed by atoms with Crippen LogP contribution >= 0.6 is 11.8 Å². The van der Waals surface area contributed by atoms with Gasteiger partial charge >= 0.3 is 0 Å². The van der Waals surface area contributed by atoms with Gasteiger partial charge in [0.25, 0.3) is 0 Å². The third-order valence-corrected chi connectivity index (χ3v) is 7.79. The molecule has 1 aromatic heterocycles. The number of nitrogens with zero attached hydrogens (tertiary/aromatic N) is 5. The summed E-state index contributed by atoms with van der Waals surface area (Å²) < 4.78 is 0. The van der Waals surface area contributed by atoms with Gasteiger partial charge in [0.05, 0.1) is 6.34 Å². The van der Waals surface area contributed by atoms with Crippen LogP contribution in [-0.2, 0) is 4.79 Å². The van der Waals surface area contributed by atoms with E-state index in [4.69, 9.17) is 9.98 Å². The van der Waals surface area contributed by atoms with E-state index < -0.39 is 0 Å². The predicted molar refractivity (Wildman–Crippen MR) is 115 cm³/mol. The molecular formula is C21H29N5OS. The second kappa shape index (κ2) is 7.25. The monoisotopic (exact) mass is 399 g/mol. The van der Waals surface area contributed by atoms with Gasteiger partial charge in [-0.15, -0.1) is 0 Å². The fourth-order valence-electron chi connectivity index (χ4n) is 5.01. The van der Waals surface area contributed by atoms with Crippen molar-refractivity contribution in [1.82, 2.24) is 9.88 Å². The zero-order valence-electron chi connectivity index (χ0n) is 16.8. The third-order valence-electron chi connectivity index (χ3n) is 6.54. The van der Waals surface area contributed by atoms with Crippen molar-refractivity contribution in [2.75, 3.05) is 37.0 Å². The van der Waals surface area contributed by atoms with Gasteiger partial charge in [-0.2, -0.15) is 0 Å². The topological polar surface area (TPSA) is 52.0 Å². The van der Waals surface area contributed by atoms with Crippen molar-refractivity contribution in [2.24, 2.45) is 4.99 Å². The molecule has 1 saturated carbocycles. The van der Waals surface area contributed by atoms with E-state index in [2.05, 4.69) is 30.0 Å². The first-order valence-corrected chi connectivity index (χ1v) is 11.5. The van der Waals surface area contributed by atoms with Crippen LogP contribution in [-0.4, -0.2) is 60.6 Å². The number of carbonyl (C=O) groups is 1. The molecule has 3 aliphatic heterocycles. The molecule has 4 heterocycles. The summed E-state index contributed by atoms with van der Waals surface area (Å²) >= 11 is 1.63. The average molecular weight is 400 g/mol. The summed E-state index contributed by atoms with van der Waals surface area (Å²) in [6, 6.07) is 2.42. The summed E-state index contributed by atoms with van der Waals surface area (Å²) in [7, 11) is 4.15. The van der Waals surface area contributed by atoms with Crippen LogP contribution in [0.15, 0.2) is 16.1 Å². The normalized spacial score (nSPS) is 27.3. The number of aliphatic imine (C=N–C) groups is 1. The van der Waals surface area contributed by atoms with Crippen molar-refractivity contribution in [2.45, 2.75) is 67.3 Å². The van der Waals surface area contributed by atoms with Crippen molar-refractivity contribution >= 4 is 35.5 Å². The number of amides is 1. The van der Waals surface area contributed by atoms with Crippen LogP contribution in [0, 0.1) is 0 Å². The Hall–Kier alpha value is -1.76. The molecular weight excluding hydrogens is 370 g/mol. The highest BCUT2D eigenvalue weighted by molar-refractivity contribution is 8.01. The molecule has 0 aromatic carbocycles. The summed E-state index contributed by atoms with van der Waals surface area (Å²) in [6.07, 6.45) is 10.2. The highest BCUT2D eigenvalue weighted by atomic mass is 32.2. The molecule has 28 heavy (non-hydrogen) atoms. The number of carbonyl (C=O) groups excluding carboxylic acids is 1. The smallest absolute Gasteiger partial charge is 0.244 e. The van der Waals surface area contributed by atoms with Crippen LogP contribution < -0.4 is 9.80 Å². The van der Waals surface area contributed by atoms with Gasteiger partial charge in [0, 0.05) is 50.5 Å². The van der Waals surface area contributed by atoms with E-state index >= 15 is 0 Å². The van der Waals surface area contributed by atoms with Crippen LogP contribution in [0.5, 0.6) is 0 Å². The Bertz CT molecular complexity index is 798. The lowest BCUT2D eigenvalue weighted by atomic mass is 9.93. The van der Waals surface area contributed by atoms with Gasteiger partial charge in [0.15, 0.2) is 0 Å². The van der Waals surface area contributed by atoms with Crippen LogP contribution in [0.4, 0.5) is 11.5 Å². The summed E-state index contributed by atoms with van der Waals surface area (Å²) in [6.45, 7) is 2.14. The molecule has 1 aliphatic carbocycles. The minimum absolute atomic E-state index is 0.107. The molecule has 2 fully saturated rings. The summed E-state index contributed by atoms with van der Waals surface area (Å²) in [4.78, 5) is 29.7. The number of fused-ring (bicyclic) bond motifs is 3. The number of thioether (sulfide) groups is 1. The molecule has 2 unspecified atom stereocenters. The zero-order valence-corrected chi connectivity index (χ0v) is 17.6. The van der Waals surface area contributed by atoms with Crippen molar-refractivity contribution in [1.29, 1.82) is 0 Å². The van der Waals surface area contributed by atoms with E-state index in [1.807, 2.05) is 11.2 Å². The lowest BCUT2D eigenvalue weighted by Gasteiger charge is -2.36. The molecule has 1 saturated heterocycles. The highest BCUT2D eigenvalue weighted by Gasteiger charge is 2.46. The first kappa shape index (κ1) is 18.3. The Labute approximate surface area is 171 Å². The Morgan fingerprint density at radius 1 is 1.11 bits per heavy atom. The number of hydrogen-bond donors (Lipinski definition) is 0. The molecule has 1 amide bonds. The Morgan fingerprint density at radius 3 is 2.57 bits per heavy atom. The molecule has 1 aromatic rings. The van der Waals surface area contributed by atoms with Gasteiger partial charge in [-0.3, -0.25) is 14.7 Å².